The first kappa shape index (κ1) is 22.8. The van der Waals surface area contributed by atoms with Crippen LogP contribution >= 0.6 is 23.8 Å². The van der Waals surface area contributed by atoms with Crippen LogP contribution in [0.15, 0.2) is 42.5 Å². The molecule has 3 N–H and O–H groups in total. The van der Waals surface area contributed by atoms with Gasteiger partial charge in [-0.25, -0.2) is 0 Å². The summed E-state index contributed by atoms with van der Waals surface area (Å²) >= 11 is 10.7. The maximum Gasteiger partial charge on any atom is 0.276 e. The zero-order valence-electron chi connectivity index (χ0n) is 15.6. The van der Waals surface area contributed by atoms with Crippen molar-refractivity contribution in [2.75, 3.05) is 13.2 Å². The second-order valence-corrected chi connectivity index (χ2v) is 6.63. The summed E-state index contributed by atoms with van der Waals surface area (Å²) in [5, 5.41) is 13.3. The van der Waals surface area contributed by atoms with E-state index in [1.807, 2.05) is 0 Å². The first-order chi connectivity index (χ1) is 14.2. The number of aryl methyl sites for hydroxylation is 1. The van der Waals surface area contributed by atoms with Gasteiger partial charge in [-0.2, -0.15) is 0 Å². The summed E-state index contributed by atoms with van der Waals surface area (Å²) in [7, 11) is 0. The molecule has 0 bridgehead atoms. The molecular formula is C18H17ClN4O6S. The number of rotatable bonds is 7. The van der Waals surface area contributed by atoms with Crippen LogP contribution in [0, 0.1) is 17.0 Å². The fourth-order valence-corrected chi connectivity index (χ4v) is 2.48. The number of hydrogen-bond acceptors (Lipinski definition) is 7. The predicted molar refractivity (Wildman–Crippen MR) is 112 cm³/mol. The van der Waals surface area contributed by atoms with E-state index in [1.54, 1.807) is 25.1 Å². The molecule has 0 radical (unpaired) electrons. The number of nitrogens with one attached hydrogen (secondary N) is 3. The maximum atomic E-state index is 11.8. The van der Waals surface area contributed by atoms with Crippen molar-refractivity contribution in [3.05, 3.63) is 63.2 Å². The van der Waals surface area contributed by atoms with Gasteiger partial charge in [0.1, 0.15) is 11.5 Å². The minimum Gasteiger partial charge on any atom is -0.484 e. The van der Waals surface area contributed by atoms with Crippen LogP contribution in [-0.4, -0.2) is 35.1 Å². The molecule has 0 aromatic heterocycles. The first-order valence-corrected chi connectivity index (χ1v) is 9.18. The molecule has 0 fully saturated rings. The lowest BCUT2D eigenvalue weighted by Crippen LogP contribution is -2.50. The van der Waals surface area contributed by atoms with Crippen LogP contribution in [0.5, 0.6) is 11.5 Å². The second-order valence-electron chi connectivity index (χ2n) is 5.79. The SMILES string of the molecule is Cc1cc(Cl)ccc1OCC(=O)NNC(=S)NC(=O)COc1ccc([N+](=O)[O-])cc1. The van der Waals surface area contributed by atoms with Gasteiger partial charge in [0.2, 0.25) is 0 Å². The maximum absolute atomic E-state index is 11.8. The number of benzene rings is 2. The van der Waals surface area contributed by atoms with Gasteiger partial charge in [-0.15, -0.1) is 0 Å². The highest BCUT2D eigenvalue weighted by atomic mass is 35.5. The van der Waals surface area contributed by atoms with E-state index in [-0.39, 0.29) is 29.8 Å². The molecule has 0 spiro atoms. The van der Waals surface area contributed by atoms with Crippen molar-refractivity contribution in [2.45, 2.75) is 6.92 Å². The minimum absolute atomic E-state index is 0.0943. The third-order valence-corrected chi connectivity index (χ3v) is 3.92. The molecule has 0 aliphatic rings. The van der Waals surface area contributed by atoms with Crippen molar-refractivity contribution >= 4 is 46.4 Å². The Balaban J connectivity index is 1.67. The summed E-state index contributed by atoms with van der Waals surface area (Å²) < 4.78 is 10.6. The Labute approximate surface area is 181 Å². The van der Waals surface area contributed by atoms with Crippen LogP contribution in [0.1, 0.15) is 5.56 Å². The zero-order valence-corrected chi connectivity index (χ0v) is 17.2. The van der Waals surface area contributed by atoms with Gasteiger partial charge >= 0.3 is 0 Å². The number of ether oxygens (including phenoxy) is 2. The van der Waals surface area contributed by atoms with Crippen LogP contribution in [0.2, 0.25) is 5.02 Å². The highest BCUT2D eigenvalue weighted by Crippen LogP contribution is 2.21. The number of nitrogens with zero attached hydrogens (tertiary/aromatic N) is 1. The summed E-state index contributed by atoms with van der Waals surface area (Å²) in [6.45, 7) is 1.13. The van der Waals surface area contributed by atoms with Crippen LogP contribution in [0.3, 0.4) is 0 Å². The Hall–Kier alpha value is -3.44. The number of nitro groups is 1. The van der Waals surface area contributed by atoms with E-state index >= 15 is 0 Å². The van der Waals surface area contributed by atoms with E-state index in [1.165, 1.54) is 24.3 Å². The van der Waals surface area contributed by atoms with Crippen LogP contribution in [-0.2, 0) is 9.59 Å². The average molecular weight is 453 g/mol. The third-order valence-electron chi connectivity index (χ3n) is 3.48. The summed E-state index contributed by atoms with van der Waals surface area (Å²) in [4.78, 5) is 33.6. The zero-order chi connectivity index (χ0) is 22.1. The van der Waals surface area contributed by atoms with E-state index < -0.39 is 16.7 Å². The number of hydrazine groups is 1. The van der Waals surface area contributed by atoms with Gasteiger partial charge in [0.25, 0.3) is 17.5 Å². The lowest BCUT2D eigenvalue weighted by molar-refractivity contribution is -0.384. The van der Waals surface area contributed by atoms with Crippen molar-refractivity contribution in [1.29, 1.82) is 0 Å². The molecule has 2 aromatic rings. The number of carbonyl (C=O) groups excluding carboxylic acids is 2. The van der Waals surface area contributed by atoms with Crippen molar-refractivity contribution in [3.8, 4) is 11.5 Å². The molecule has 0 heterocycles. The van der Waals surface area contributed by atoms with Gasteiger partial charge in [0.15, 0.2) is 18.3 Å². The molecule has 0 atom stereocenters. The molecule has 158 valence electrons. The molecule has 0 saturated carbocycles. The molecule has 10 nitrogen and oxygen atoms in total. The molecule has 0 aliphatic heterocycles. The Bertz CT molecular complexity index is 954. The Morgan fingerprint density at radius 3 is 2.37 bits per heavy atom. The number of hydrogen-bond donors (Lipinski definition) is 3. The number of halogens is 1. The van der Waals surface area contributed by atoms with E-state index in [4.69, 9.17) is 33.3 Å². The molecule has 0 unspecified atom stereocenters. The van der Waals surface area contributed by atoms with Crippen molar-refractivity contribution in [2.24, 2.45) is 0 Å². The molecule has 2 amide bonds. The van der Waals surface area contributed by atoms with Crippen LogP contribution < -0.4 is 25.6 Å². The Kier molecular flexibility index (Phi) is 8.32. The van der Waals surface area contributed by atoms with Crippen LogP contribution in [0.25, 0.3) is 0 Å². The lowest BCUT2D eigenvalue weighted by atomic mass is 10.2. The molecule has 0 aliphatic carbocycles. The van der Waals surface area contributed by atoms with Crippen molar-refractivity contribution in [1.82, 2.24) is 16.2 Å². The Morgan fingerprint density at radius 1 is 1.07 bits per heavy atom. The van der Waals surface area contributed by atoms with E-state index in [0.717, 1.165) is 5.56 Å². The third kappa shape index (κ3) is 7.53. The smallest absolute Gasteiger partial charge is 0.276 e. The fourth-order valence-electron chi connectivity index (χ4n) is 2.09. The molecule has 0 saturated heterocycles. The second kappa shape index (κ2) is 10.9. The molecule has 12 heteroatoms. The normalized spacial score (nSPS) is 9.93. The van der Waals surface area contributed by atoms with Crippen molar-refractivity contribution < 1.29 is 24.0 Å². The number of carbonyl (C=O) groups is 2. The van der Waals surface area contributed by atoms with Gasteiger partial charge in [0, 0.05) is 17.2 Å². The topological polar surface area (TPSA) is 132 Å². The molecule has 30 heavy (non-hydrogen) atoms. The van der Waals surface area contributed by atoms with Crippen molar-refractivity contribution in [3.63, 3.8) is 0 Å². The monoisotopic (exact) mass is 452 g/mol. The van der Waals surface area contributed by atoms with Gasteiger partial charge in [-0.3, -0.25) is 35.9 Å². The Morgan fingerprint density at radius 2 is 1.73 bits per heavy atom. The van der Waals surface area contributed by atoms with E-state index in [0.29, 0.717) is 10.8 Å². The van der Waals surface area contributed by atoms with Gasteiger partial charge < -0.3 is 9.47 Å². The number of non-ortho nitro benzene ring substituents is 1. The summed E-state index contributed by atoms with van der Waals surface area (Å²) in [5.41, 5.74) is 5.32. The van der Waals surface area contributed by atoms with Gasteiger partial charge in [0.05, 0.1) is 4.92 Å². The molecule has 2 aromatic carbocycles. The van der Waals surface area contributed by atoms with Crippen LogP contribution in [0.4, 0.5) is 5.69 Å². The minimum atomic E-state index is -0.590. The predicted octanol–water partition coefficient (Wildman–Crippen LogP) is 2.04. The lowest BCUT2D eigenvalue weighted by Gasteiger charge is -2.12. The average Bonchev–Trinajstić information content (AvgIpc) is 2.70. The summed E-state index contributed by atoms with van der Waals surface area (Å²) in [5.74, 6) is -0.331. The first-order valence-electron chi connectivity index (χ1n) is 8.39. The standard InChI is InChI=1S/C18H17ClN4O6S/c1-11-8-12(19)2-7-15(11)29-10-17(25)21-22-18(30)20-16(24)9-28-14-5-3-13(4-6-14)23(26)27/h2-8H,9-10H2,1H3,(H,21,25)(H2,20,22,24,30). The quantitative estimate of drug-likeness (QED) is 0.330. The fraction of sp³-hybridized carbons (Fsp3) is 0.167. The van der Waals surface area contributed by atoms with E-state index in [9.17, 15) is 19.7 Å². The molecule has 2 rings (SSSR count). The van der Waals surface area contributed by atoms with E-state index in [2.05, 4.69) is 16.2 Å². The number of amides is 2. The number of nitro benzene ring substituents is 1. The van der Waals surface area contributed by atoms with Gasteiger partial charge in [-0.1, -0.05) is 11.6 Å². The van der Waals surface area contributed by atoms with Gasteiger partial charge in [-0.05, 0) is 55.0 Å². The highest BCUT2D eigenvalue weighted by molar-refractivity contribution is 7.80. The largest absolute Gasteiger partial charge is 0.484 e. The number of thiocarbonyl (C=S) groups is 1. The summed E-state index contributed by atoms with van der Waals surface area (Å²) in [6.07, 6.45) is 0. The molecular weight excluding hydrogens is 436 g/mol. The highest BCUT2D eigenvalue weighted by Gasteiger charge is 2.09. The summed E-state index contributed by atoms with van der Waals surface area (Å²) in [6, 6.07) is 10.2.